The van der Waals surface area contributed by atoms with E-state index in [2.05, 4.69) is 5.32 Å². The van der Waals surface area contributed by atoms with Crippen LogP contribution in [0.5, 0.6) is 0 Å². The molecule has 0 aromatic carbocycles. The fourth-order valence-corrected chi connectivity index (χ4v) is 2.22. The van der Waals surface area contributed by atoms with Crippen LogP contribution in [0.3, 0.4) is 0 Å². The maximum atomic E-state index is 11.7. The zero-order valence-electron chi connectivity index (χ0n) is 8.04. The molecule has 0 radical (unpaired) electrons. The van der Waals surface area contributed by atoms with E-state index in [1.807, 2.05) is 0 Å². The summed E-state index contributed by atoms with van der Waals surface area (Å²) >= 11 is 1.34. The van der Waals surface area contributed by atoms with Crippen molar-refractivity contribution in [3.8, 4) is 0 Å². The Morgan fingerprint density at radius 3 is 2.88 bits per heavy atom. The van der Waals surface area contributed by atoms with Crippen molar-refractivity contribution in [2.24, 2.45) is 0 Å². The molecule has 1 aromatic rings. The van der Waals surface area contributed by atoms with Crippen LogP contribution in [0.1, 0.15) is 10.9 Å². The van der Waals surface area contributed by atoms with Crippen molar-refractivity contribution in [1.29, 1.82) is 0 Å². The molecule has 0 saturated carbocycles. The number of nitrogens with one attached hydrogen (secondary N) is 1. The minimum atomic E-state index is -1.21. The number of carbonyl (C=O) groups is 3. The van der Waals surface area contributed by atoms with Crippen LogP contribution in [0.4, 0.5) is 4.79 Å². The first-order valence-electron chi connectivity index (χ1n) is 4.46. The van der Waals surface area contributed by atoms with Crippen LogP contribution in [0, 0.1) is 0 Å². The Kier molecular flexibility index (Phi) is 2.61. The van der Waals surface area contributed by atoms with Gasteiger partial charge in [-0.1, -0.05) is 6.07 Å². The summed E-state index contributed by atoms with van der Waals surface area (Å²) < 4.78 is 0. The van der Waals surface area contributed by atoms with E-state index in [0.29, 0.717) is 9.78 Å². The number of thiophene rings is 1. The van der Waals surface area contributed by atoms with Crippen molar-refractivity contribution in [3.05, 3.63) is 22.4 Å². The Bertz CT molecular complexity index is 442. The highest BCUT2D eigenvalue weighted by Gasteiger charge is 2.40. The largest absolute Gasteiger partial charge is 0.480 e. The molecule has 16 heavy (non-hydrogen) atoms. The van der Waals surface area contributed by atoms with Crippen LogP contribution < -0.4 is 5.32 Å². The SMILES string of the molecule is O=C(O)CN1C(=O)NC(c2cccs2)C1=O. The van der Waals surface area contributed by atoms with Gasteiger partial charge in [-0.05, 0) is 11.4 Å². The number of carboxylic acids is 1. The Hall–Kier alpha value is -1.89. The first kappa shape index (κ1) is 10.6. The average Bonchev–Trinajstić information content (AvgIpc) is 2.80. The summed E-state index contributed by atoms with van der Waals surface area (Å²) in [6.07, 6.45) is 0. The minimum Gasteiger partial charge on any atom is -0.480 e. The summed E-state index contributed by atoms with van der Waals surface area (Å²) in [4.78, 5) is 35.0. The van der Waals surface area contributed by atoms with E-state index in [-0.39, 0.29) is 0 Å². The molecule has 1 aromatic heterocycles. The molecule has 1 saturated heterocycles. The molecule has 3 amide bonds. The van der Waals surface area contributed by atoms with Gasteiger partial charge in [-0.25, -0.2) is 4.79 Å². The van der Waals surface area contributed by atoms with E-state index in [4.69, 9.17) is 5.11 Å². The summed E-state index contributed by atoms with van der Waals surface area (Å²) in [7, 11) is 0. The molecular formula is C9H8N2O4S. The number of rotatable bonds is 3. The van der Waals surface area contributed by atoms with Crippen molar-refractivity contribution < 1.29 is 19.5 Å². The van der Waals surface area contributed by atoms with Crippen LogP contribution in [0.15, 0.2) is 17.5 Å². The molecule has 1 unspecified atom stereocenters. The van der Waals surface area contributed by atoms with Gasteiger partial charge in [0.2, 0.25) is 0 Å². The number of amides is 3. The van der Waals surface area contributed by atoms with Gasteiger partial charge in [0.05, 0.1) is 0 Å². The van der Waals surface area contributed by atoms with Crippen LogP contribution in [-0.4, -0.2) is 34.5 Å². The molecule has 0 bridgehead atoms. The zero-order valence-corrected chi connectivity index (χ0v) is 8.86. The molecule has 1 aliphatic rings. The lowest BCUT2D eigenvalue weighted by Gasteiger charge is -2.08. The molecule has 1 aliphatic heterocycles. The lowest BCUT2D eigenvalue weighted by Crippen LogP contribution is -2.35. The van der Waals surface area contributed by atoms with E-state index < -0.39 is 30.5 Å². The molecule has 84 valence electrons. The summed E-state index contributed by atoms with van der Waals surface area (Å²) in [6, 6.07) is 2.08. The predicted molar refractivity (Wildman–Crippen MR) is 54.9 cm³/mol. The lowest BCUT2D eigenvalue weighted by atomic mass is 10.2. The first-order chi connectivity index (χ1) is 7.59. The second-order valence-electron chi connectivity index (χ2n) is 3.22. The average molecular weight is 240 g/mol. The lowest BCUT2D eigenvalue weighted by molar-refractivity contribution is -0.141. The van der Waals surface area contributed by atoms with Gasteiger partial charge in [-0.15, -0.1) is 11.3 Å². The van der Waals surface area contributed by atoms with Crippen LogP contribution in [0.25, 0.3) is 0 Å². The topological polar surface area (TPSA) is 86.7 Å². The maximum Gasteiger partial charge on any atom is 0.325 e. The number of carboxylic acid groups (broad SMARTS) is 1. The summed E-state index contributed by atoms with van der Waals surface area (Å²) in [5.74, 6) is -1.73. The van der Waals surface area contributed by atoms with E-state index in [1.165, 1.54) is 11.3 Å². The van der Waals surface area contributed by atoms with E-state index in [9.17, 15) is 14.4 Å². The van der Waals surface area contributed by atoms with Gasteiger partial charge in [0.15, 0.2) is 0 Å². The van der Waals surface area contributed by atoms with Crippen molar-refractivity contribution in [2.45, 2.75) is 6.04 Å². The van der Waals surface area contributed by atoms with Crippen molar-refractivity contribution in [2.75, 3.05) is 6.54 Å². The highest BCUT2D eigenvalue weighted by atomic mass is 32.1. The van der Waals surface area contributed by atoms with Crippen LogP contribution >= 0.6 is 11.3 Å². The van der Waals surface area contributed by atoms with Gasteiger partial charge < -0.3 is 10.4 Å². The normalized spacial score (nSPS) is 20.0. The minimum absolute atomic E-state index is 0.519. The molecule has 2 N–H and O–H groups in total. The summed E-state index contributed by atoms with van der Waals surface area (Å²) in [5, 5.41) is 12.8. The third-order valence-corrected chi connectivity index (χ3v) is 3.08. The van der Waals surface area contributed by atoms with Gasteiger partial charge in [-0.3, -0.25) is 14.5 Å². The van der Waals surface area contributed by atoms with E-state index >= 15 is 0 Å². The number of carbonyl (C=O) groups excluding carboxylic acids is 2. The van der Waals surface area contributed by atoms with E-state index in [1.54, 1.807) is 17.5 Å². The number of hydrogen-bond acceptors (Lipinski definition) is 4. The third kappa shape index (κ3) is 1.76. The molecular weight excluding hydrogens is 232 g/mol. The quantitative estimate of drug-likeness (QED) is 0.750. The maximum absolute atomic E-state index is 11.7. The summed E-state index contributed by atoms with van der Waals surface area (Å²) in [5.41, 5.74) is 0. The Labute approximate surface area is 94.5 Å². The Morgan fingerprint density at radius 1 is 1.56 bits per heavy atom. The molecule has 0 spiro atoms. The standard InChI is InChI=1S/C9H8N2O4S/c12-6(13)4-11-8(14)7(10-9(11)15)5-2-1-3-16-5/h1-3,7H,4H2,(H,10,15)(H,12,13). The monoisotopic (exact) mass is 240 g/mol. The number of urea groups is 1. The number of nitrogens with zero attached hydrogens (tertiary/aromatic N) is 1. The summed E-state index contributed by atoms with van der Waals surface area (Å²) in [6.45, 7) is -0.605. The number of hydrogen-bond donors (Lipinski definition) is 2. The van der Waals surface area contributed by atoms with Crippen molar-refractivity contribution in [1.82, 2.24) is 10.2 Å². The molecule has 7 heteroatoms. The number of aliphatic carboxylic acids is 1. The van der Waals surface area contributed by atoms with Crippen LogP contribution in [-0.2, 0) is 9.59 Å². The predicted octanol–water partition coefficient (Wildman–Crippen LogP) is 0.426. The van der Waals surface area contributed by atoms with Gasteiger partial charge in [-0.2, -0.15) is 0 Å². The second kappa shape index (κ2) is 3.93. The van der Waals surface area contributed by atoms with Gasteiger partial charge in [0.1, 0.15) is 12.6 Å². The van der Waals surface area contributed by atoms with Gasteiger partial charge in [0, 0.05) is 4.88 Å². The fraction of sp³-hybridized carbons (Fsp3) is 0.222. The highest BCUT2D eigenvalue weighted by molar-refractivity contribution is 7.10. The van der Waals surface area contributed by atoms with Gasteiger partial charge >= 0.3 is 12.0 Å². The molecule has 2 heterocycles. The van der Waals surface area contributed by atoms with Crippen molar-refractivity contribution in [3.63, 3.8) is 0 Å². The second-order valence-corrected chi connectivity index (χ2v) is 4.20. The first-order valence-corrected chi connectivity index (χ1v) is 5.34. The Balaban J connectivity index is 2.19. The molecule has 1 fully saturated rings. The van der Waals surface area contributed by atoms with E-state index in [0.717, 1.165) is 0 Å². The number of imide groups is 1. The fourth-order valence-electron chi connectivity index (χ4n) is 1.45. The van der Waals surface area contributed by atoms with Gasteiger partial charge in [0.25, 0.3) is 5.91 Å². The molecule has 0 aliphatic carbocycles. The zero-order chi connectivity index (χ0) is 11.7. The smallest absolute Gasteiger partial charge is 0.325 e. The molecule has 6 nitrogen and oxygen atoms in total. The highest BCUT2D eigenvalue weighted by Crippen LogP contribution is 2.25. The third-order valence-electron chi connectivity index (χ3n) is 2.15. The van der Waals surface area contributed by atoms with Crippen LogP contribution in [0.2, 0.25) is 0 Å². The molecule has 2 rings (SSSR count). The molecule has 1 atom stereocenters. The Morgan fingerprint density at radius 2 is 2.31 bits per heavy atom. The van der Waals surface area contributed by atoms with Crippen molar-refractivity contribution >= 4 is 29.2 Å².